The van der Waals surface area contributed by atoms with Crippen LogP contribution in [0.4, 0.5) is 4.39 Å². The number of aromatic nitrogens is 1. The summed E-state index contributed by atoms with van der Waals surface area (Å²) in [6.07, 6.45) is 5.79. The van der Waals surface area contributed by atoms with E-state index in [0.29, 0.717) is 18.7 Å². The minimum absolute atomic E-state index is 0.0125. The van der Waals surface area contributed by atoms with Gasteiger partial charge in [0.15, 0.2) is 0 Å². The number of rotatable bonds is 4. The maximum atomic E-state index is 14.0. The summed E-state index contributed by atoms with van der Waals surface area (Å²) >= 11 is 0. The number of likely N-dealkylation sites (N-methyl/N-ethyl adjacent to an activating group) is 1. The molecule has 2 heterocycles. The molecule has 1 amide bonds. The lowest BCUT2D eigenvalue weighted by molar-refractivity contribution is 0.0606. The van der Waals surface area contributed by atoms with Gasteiger partial charge in [0.1, 0.15) is 11.4 Å². The number of aromatic amines is 1. The summed E-state index contributed by atoms with van der Waals surface area (Å²) in [4.78, 5) is 32.4. The van der Waals surface area contributed by atoms with Crippen LogP contribution < -0.4 is 5.56 Å². The van der Waals surface area contributed by atoms with Gasteiger partial charge < -0.3 is 9.88 Å². The van der Waals surface area contributed by atoms with E-state index in [4.69, 9.17) is 0 Å². The van der Waals surface area contributed by atoms with Crippen LogP contribution in [-0.2, 0) is 19.4 Å². The SMILES string of the molecule is CN(C(=O)c1cc2c([nH]c1=O)CCCC2)C1CCCN(Cc2ccccc2F)C1. The highest BCUT2D eigenvalue weighted by molar-refractivity contribution is 5.94. The minimum atomic E-state index is -0.290. The molecule has 1 N–H and O–H groups in total. The van der Waals surface area contributed by atoms with Gasteiger partial charge in [-0.05, 0) is 62.8 Å². The third-order valence-electron chi connectivity index (χ3n) is 6.27. The third kappa shape index (κ3) is 4.27. The molecule has 0 radical (unpaired) electrons. The van der Waals surface area contributed by atoms with Crippen molar-refractivity contribution in [2.24, 2.45) is 0 Å². The maximum Gasteiger partial charge on any atom is 0.261 e. The first kappa shape index (κ1) is 19.8. The zero-order chi connectivity index (χ0) is 20.4. The predicted molar refractivity (Wildman–Crippen MR) is 110 cm³/mol. The van der Waals surface area contributed by atoms with Crippen LogP contribution in [0.25, 0.3) is 0 Å². The van der Waals surface area contributed by atoms with Crippen molar-refractivity contribution in [2.75, 3.05) is 20.1 Å². The van der Waals surface area contributed by atoms with E-state index in [1.807, 2.05) is 6.07 Å². The van der Waals surface area contributed by atoms with Crippen molar-refractivity contribution in [3.8, 4) is 0 Å². The van der Waals surface area contributed by atoms with E-state index in [-0.39, 0.29) is 28.9 Å². The number of nitrogens with one attached hydrogen (secondary N) is 1. The molecule has 0 spiro atoms. The number of hydrogen-bond donors (Lipinski definition) is 1. The maximum absolute atomic E-state index is 14.0. The van der Waals surface area contributed by atoms with Crippen molar-refractivity contribution in [2.45, 2.75) is 51.1 Å². The molecule has 0 bridgehead atoms. The van der Waals surface area contributed by atoms with Crippen LogP contribution in [0.3, 0.4) is 0 Å². The number of aryl methyl sites for hydroxylation is 2. The number of carbonyl (C=O) groups is 1. The summed E-state index contributed by atoms with van der Waals surface area (Å²) in [5.41, 5.74) is 2.70. The molecule has 0 saturated carbocycles. The second kappa shape index (κ2) is 8.49. The average Bonchev–Trinajstić information content (AvgIpc) is 2.74. The highest BCUT2D eigenvalue weighted by Crippen LogP contribution is 2.22. The number of pyridine rings is 1. The Morgan fingerprint density at radius 2 is 2.03 bits per heavy atom. The number of halogens is 1. The Morgan fingerprint density at radius 1 is 1.24 bits per heavy atom. The average molecular weight is 397 g/mol. The van der Waals surface area contributed by atoms with Crippen LogP contribution in [0.15, 0.2) is 35.1 Å². The second-order valence-electron chi connectivity index (χ2n) is 8.26. The molecule has 1 saturated heterocycles. The normalized spacial score (nSPS) is 19.6. The first-order valence-electron chi connectivity index (χ1n) is 10.5. The van der Waals surface area contributed by atoms with E-state index in [0.717, 1.165) is 56.3 Å². The summed E-state index contributed by atoms with van der Waals surface area (Å²) < 4.78 is 14.0. The Bertz CT molecular complexity index is 955. The van der Waals surface area contributed by atoms with E-state index in [1.165, 1.54) is 6.07 Å². The standard InChI is InChI=1S/C23H28FN3O2/c1-26(23(29)19-13-16-7-3-5-11-21(16)25-22(19)28)18-9-6-12-27(15-18)14-17-8-2-4-10-20(17)24/h2,4,8,10,13,18H,3,5-7,9,11-12,14-15H2,1H3,(H,25,28). The zero-order valence-electron chi connectivity index (χ0n) is 16.9. The van der Waals surface area contributed by atoms with Crippen LogP contribution in [0.2, 0.25) is 0 Å². The highest BCUT2D eigenvalue weighted by Gasteiger charge is 2.29. The van der Waals surface area contributed by atoms with Crippen molar-refractivity contribution in [3.63, 3.8) is 0 Å². The van der Waals surface area contributed by atoms with Gasteiger partial charge in [-0.2, -0.15) is 0 Å². The molecule has 4 rings (SSSR count). The minimum Gasteiger partial charge on any atom is -0.337 e. The third-order valence-corrected chi connectivity index (χ3v) is 6.27. The molecule has 29 heavy (non-hydrogen) atoms. The highest BCUT2D eigenvalue weighted by atomic mass is 19.1. The Morgan fingerprint density at radius 3 is 2.86 bits per heavy atom. The first-order valence-corrected chi connectivity index (χ1v) is 10.5. The fraction of sp³-hybridized carbons (Fsp3) is 0.478. The van der Waals surface area contributed by atoms with Crippen molar-refractivity contribution < 1.29 is 9.18 Å². The molecular formula is C23H28FN3O2. The van der Waals surface area contributed by atoms with E-state index < -0.39 is 0 Å². The monoisotopic (exact) mass is 397 g/mol. The summed E-state index contributed by atoms with van der Waals surface area (Å²) in [6.45, 7) is 2.09. The van der Waals surface area contributed by atoms with Gasteiger partial charge in [-0.1, -0.05) is 18.2 Å². The largest absolute Gasteiger partial charge is 0.337 e. The molecule has 1 aliphatic heterocycles. The lowest BCUT2D eigenvalue weighted by Gasteiger charge is -2.37. The van der Waals surface area contributed by atoms with Crippen LogP contribution in [0.1, 0.15) is 52.9 Å². The number of H-pyrrole nitrogens is 1. The van der Waals surface area contributed by atoms with Gasteiger partial charge in [-0.15, -0.1) is 0 Å². The van der Waals surface area contributed by atoms with Gasteiger partial charge in [-0.3, -0.25) is 14.5 Å². The lowest BCUT2D eigenvalue weighted by atomic mass is 9.94. The Kier molecular flexibility index (Phi) is 5.81. The van der Waals surface area contributed by atoms with E-state index in [2.05, 4.69) is 9.88 Å². The van der Waals surface area contributed by atoms with Gasteiger partial charge in [-0.25, -0.2) is 4.39 Å². The number of nitrogens with zero attached hydrogens (tertiary/aromatic N) is 2. The number of carbonyl (C=O) groups excluding carboxylic acids is 1. The fourth-order valence-corrected chi connectivity index (χ4v) is 4.55. The van der Waals surface area contributed by atoms with Crippen LogP contribution >= 0.6 is 0 Å². The van der Waals surface area contributed by atoms with Crippen LogP contribution in [0.5, 0.6) is 0 Å². The number of likely N-dealkylation sites (tertiary alicyclic amines) is 1. The van der Waals surface area contributed by atoms with Crippen LogP contribution in [0, 0.1) is 5.82 Å². The second-order valence-corrected chi connectivity index (χ2v) is 8.26. The topological polar surface area (TPSA) is 56.4 Å². The van der Waals surface area contributed by atoms with Crippen molar-refractivity contribution in [1.29, 1.82) is 0 Å². The van der Waals surface area contributed by atoms with Crippen molar-refractivity contribution >= 4 is 5.91 Å². The molecule has 5 nitrogen and oxygen atoms in total. The summed E-state index contributed by atoms with van der Waals surface area (Å²) in [7, 11) is 1.78. The number of amides is 1. The molecule has 1 atom stereocenters. The van der Waals surface area contributed by atoms with Gasteiger partial charge >= 0.3 is 0 Å². The molecule has 2 aliphatic rings. The van der Waals surface area contributed by atoms with Crippen molar-refractivity contribution in [1.82, 2.24) is 14.8 Å². The molecule has 154 valence electrons. The molecule has 1 fully saturated rings. The summed E-state index contributed by atoms with van der Waals surface area (Å²) in [6, 6.07) is 8.64. The zero-order valence-corrected chi connectivity index (χ0v) is 16.9. The summed E-state index contributed by atoms with van der Waals surface area (Å²) in [5, 5.41) is 0. The number of piperidine rings is 1. The van der Waals surface area contributed by atoms with Gasteiger partial charge in [0.05, 0.1) is 0 Å². The molecule has 1 aromatic heterocycles. The van der Waals surface area contributed by atoms with Gasteiger partial charge in [0.25, 0.3) is 11.5 Å². The molecule has 1 aliphatic carbocycles. The van der Waals surface area contributed by atoms with E-state index in [1.54, 1.807) is 30.1 Å². The number of benzene rings is 1. The Labute approximate surface area is 170 Å². The molecule has 2 aromatic rings. The molecular weight excluding hydrogens is 369 g/mol. The van der Waals surface area contributed by atoms with Gasteiger partial charge in [0, 0.05) is 37.4 Å². The lowest BCUT2D eigenvalue weighted by Crippen LogP contribution is -2.49. The van der Waals surface area contributed by atoms with E-state index in [9.17, 15) is 14.0 Å². The quantitative estimate of drug-likeness (QED) is 0.862. The fourth-order valence-electron chi connectivity index (χ4n) is 4.55. The van der Waals surface area contributed by atoms with Crippen molar-refractivity contribution in [3.05, 3.63) is 68.9 Å². The Hall–Kier alpha value is -2.47. The molecule has 1 aromatic carbocycles. The number of fused-ring (bicyclic) bond motifs is 1. The predicted octanol–water partition coefficient (Wildman–Crippen LogP) is 3.13. The smallest absolute Gasteiger partial charge is 0.261 e. The van der Waals surface area contributed by atoms with Gasteiger partial charge in [0.2, 0.25) is 0 Å². The first-order chi connectivity index (χ1) is 14.0. The molecule has 6 heteroatoms. The number of hydrogen-bond acceptors (Lipinski definition) is 3. The Balaban J connectivity index is 1.47. The van der Waals surface area contributed by atoms with Crippen LogP contribution in [-0.4, -0.2) is 46.9 Å². The van der Waals surface area contributed by atoms with E-state index >= 15 is 0 Å². The summed E-state index contributed by atoms with van der Waals surface area (Å²) in [5.74, 6) is -0.419. The molecule has 1 unspecified atom stereocenters.